The van der Waals surface area contributed by atoms with Gasteiger partial charge in [0.1, 0.15) is 0 Å². The van der Waals surface area contributed by atoms with Gasteiger partial charge < -0.3 is 4.57 Å². The lowest BCUT2D eigenvalue weighted by atomic mass is 10.2. The summed E-state index contributed by atoms with van der Waals surface area (Å²) >= 11 is 3.18. The minimum Gasteiger partial charge on any atom is -0.316 e. The van der Waals surface area contributed by atoms with Crippen LogP contribution in [0.4, 0.5) is 0 Å². The number of nitrogens with zero attached hydrogens (tertiary/aromatic N) is 4. The van der Waals surface area contributed by atoms with Crippen molar-refractivity contribution in [3.8, 4) is 0 Å². The molecule has 0 spiro atoms. The van der Waals surface area contributed by atoms with Crippen LogP contribution in [0.25, 0.3) is 11.2 Å². The summed E-state index contributed by atoms with van der Waals surface area (Å²) < 4.78 is 3.68. The zero-order valence-corrected chi connectivity index (χ0v) is 12.1. The standard InChI is InChI=1S/C11H14N4OS2/c1-4-6-5-18-11-13-8-7(9(16)15(6)11)14(2)10(12-8)17-3/h6H,4-5H2,1-3H3. The van der Waals surface area contributed by atoms with Crippen LogP contribution in [0.3, 0.4) is 0 Å². The number of rotatable bonds is 2. The van der Waals surface area contributed by atoms with Gasteiger partial charge in [0.25, 0.3) is 5.56 Å². The van der Waals surface area contributed by atoms with E-state index in [0.29, 0.717) is 11.2 Å². The van der Waals surface area contributed by atoms with Gasteiger partial charge in [-0.1, -0.05) is 30.4 Å². The van der Waals surface area contributed by atoms with E-state index in [-0.39, 0.29) is 11.6 Å². The van der Waals surface area contributed by atoms with Crippen molar-refractivity contribution in [1.82, 2.24) is 19.1 Å². The third-order valence-corrected chi connectivity index (χ3v) is 5.12. The molecule has 2 aromatic rings. The molecule has 7 heteroatoms. The fourth-order valence-electron chi connectivity index (χ4n) is 2.28. The van der Waals surface area contributed by atoms with E-state index in [4.69, 9.17) is 0 Å². The van der Waals surface area contributed by atoms with Crippen molar-refractivity contribution in [3.63, 3.8) is 0 Å². The van der Waals surface area contributed by atoms with Crippen molar-refractivity contribution in [3.05, 3.63) is 10.4 Å². The lowest BCUT2D eigenvalue weighted by Crippen LogP contribution is -2.25. The number of imidazole rings is 1. The molecule has 3 rings (SSSR count). The van der Waals surface area contributed by atoms with Crippen molar-refractivity contribution in [2.75, 3.05) is 12.0 Å². The van der Waals surface area contributed by atoms with Gasteiger partial charge in [0.2, 0.25) is 0 Å². The Hall–Kier alpha value is -0.950. The molecule has 0 radical (unpaired) electrons. The van der Waals surface area contributed by atoms with Gasteiger partial charge in [-0.15, -0.1) is 0 Å². The van der Waals surface area contributed by atoms with Crippen LogP contribution >= 0.6 is 23.5 Å². The molecule has 0 N–H and O–H groups in total. The Morgan fingerprint density at radius 1 is 1.50 bits per heavy atom. The van der Waals surface area contributed by atoms with Crippen molar-refractivity contribution in [2.24, 2.45) is 7.05 Å². The molecular weight excluding hydrogens is 268 g/mol. The van der Waals surface area contributed by atoms with E-state index >= 15 is 0 Å². The van der Waals surface area contributed by atoms with E-state index in [1.807, 2.05) is 22.4 Å². The fraction of sp³-hybridized carbons (Fsp3) is 0.545. The average molecular weight is 282 g/mol. The summed E-state index contributed by atoms with van der Waals surface area (Å²) in [6.45, 7) is 2.10. The van der Waals surface area contributed by atoms with Crippen LogP contribution in [0, 0.1) is 0 Å². The van der Waals surface area contributed by atoms with Gasteiger partial charge in [-0.2, -0.15) is 0 Å². The zero-order valence-electron chi connectivity index (χ0n) is 10.5. The lowest BCUT2D eigenvalue weighted by molar-refractivity contribution is 0.495. The summed E-state index contributed by atoms with van der Waals surface area (Å²) in [5, 5.41) is 1.64. The Labute approximate surface area is 113 Å². The summed E-state index contributed by atoms with van der Waals surface area (Å²) in [4.78, 5) is 21.5. The van der Waals surface area contributed by atoms with Crippen molar-refractivity contribution in [2.45, 2.75) is 29.7 Å². The van der Waals surface area contributed by atoms with Gasteiger partial charge in [0.05, 0.1) is 0 Å². The smallest absolute Gasteiger partial charge is 0.280 e. The molecule has 0 saturated heterocycles. The minimum absolute atomic E-state index is 0.0437. The maximum atomic E-state index is 12.6. The molecule has 2 aromatic heterocycles. The molecular formula is C11H14N4OS2. The molecule has 0 aromatic carbocycles. The van der Waals surface area contributed by atoms with Crippen LogP contribution < -0.4 is 5.56 Å². The molecule has 1 aliphatic heterocycles. The van der Waals surface area contributed by atoms with Gasteiger partial charge in [0, 0.05) is 18.8 Å². The second-order valence-electron chi connectivity index (χ2n) is 4.27. The van der Waals surface area contributed by atoms with Crippen LogP contribution in [-0.2, 0) is 7.05 Å². The van der Waals surface area contributed by atoms with Crippen LogP contribution in [-0.4, -0.2) is 31.1 Å². The Bertz CT molecular complexity index is 676. The first-order chi connectivity index (χ1) is 8.67. The molecule has 18 heavy (non-hydrogen) atoms. The first kappa shape index (κ1) is 12.1. The Balaban J connectivity index is 2.36. The molecule has 0 amide bonds. The van der Waals surface area contributed by atoms with Gasteiger partial charge in [0.15, 0.2) is 21.5 Å². The highest BCUT2D eigenvalue weighted by atomic mass is 32.2. The monoisotopic (exact) mass is 282 g/mol. The van der Waals surface area contributed by atoms with E-state index in [0.717, 1.165) is 22.5 Å². The maximum absolute atomic E-state index is 12.6. The second kappa shape index (κ2) is 4.31. The molecule has 1 unspecified atom stereocenters. The molecule has 0 fully saturated rings. The molecule has 0 bridgehead atoms. The topological polar surface area (TPSA) is 52.7 Å². The fourth-order valence-corrected chi connectivity index (χ4v) is 4.07. The minimum atomic E-state index is 0.0437. The molecule has 1 aliphatic rings. The van der Waals surface area contributed by atoms with Crippen LogP contribution in [0.1, 0.15) is 19.4 Å². The second-order valence-corrected chi connectivity index (χ2v) is 6.03. The third kappa shape index (κ3) is 1.53. The Morgan fingerprint density at radius 2 is 2.28 bits per heavy atom. The van der Waals surface area contributed by atoms with E-state index in [9.17, 15) is 4.79 Å². The van der Waals surface area contributed by atoms with Crippen molar-refractivity contribution in [1.29, 1.82) is 0 Å². The molecule has 0 aliphatic carbocycles. The summed E-state index contributed by atoms with van der Waals surface area (Å²) in [5.41, 5.74) is 1.23. The highest BCUT2D eigenvalue weighted by molar-refractivity contribution is 7.99. The quantitative estimate of drug-likeness (QED) is 0.622. The van der Waals surface area contributed by atoms with Gasteiger partial charge in [-0.25, -0.2) is 9.97 Å². The SMILES string of the molecule is CCC1CSc2nc3nc(SC)n(C)c3c(=O)n21. The first-order valence-corrected chi connectivity index (χ1v) is 8.04. The van der Waals surface area contributed by atoms with Crippen LogP contribution in [0.15, 0.2) is 15.1 Å². The number of hydrogen-bond acceptors (Lipinski definition) is 5. The highest BCUT2D eigenvalue weighted by Crippen LogP contribution is 2.33. The Morgan fingerprint density at radius 3 is 2.94 bits per heavy atom. The molecule has 1 atom stereocenters. The zero-order chi connectivity index (χ0) is 12.9. The van der Waals surface area contributed by atoms with Gasteiger partial charge in [-0.05, 0) is 12.7 Å². The number of fused-ring (bicyclic) bond motifs is 2. The third-order valence-electron chi connectivity index (χ3n) is 3.29. The largest absolute Gasteiger partial charge is 0.316 e. The summed E-state index contributed by atoms with van der Waals surface area (Å²) in [7, 11) is 1.88. The summed E-state index contributed by atoms with van der Waals surface area (Å²) in [5.74, 6) is 0.935. The summed E-state index contributed by atoms with van der Waals surface area (Å²) in [6.07, 6.45) is 2.91. The van der Waals surface area contributed by atoms with E-state index in [2.05, 4.69) is 16.9 Å². The number of hydrogen-bond donors (Lipinski definition) is 0. The van der Waals surface area contributed by atoms with Crippen LogP contribution in [0.5, 0.6) is 0 Å². The molecule has 0 saturated carbocycles. The van der Waals surface area contributed by atoms with E-state index in [1.54, 1.807) is 11.8 Å². The van der Waals surface area contributed by atoms with Crippen LogP contribution in [0.2, 0.25) is 0 Å². The van der Waals surface area contributed by atoms with Crippen molar-refractivity contribution >= 4 is 34.7 Å². The summed E-state index contributed by atoms with van der Waals surface area (Å²) in [6, 6.07) is 0.266. The number of aromatic nitrogens is 4. The Kier molecular flexibility index (Phi) is 2.90. The molecule has 5 nitrogen and oxygen atoms in total. The number of aryl methyl sites for hydroxylation is 1. The average Bonchev–Trinajstić information content (AvgIpc) is 2.91. The highest BCUT2D eigenvalue weighted by Gasteiger charge is 2.27. The van der Waals surface area contributed by atoms with E-state index < -0.39 is 0 Å². The normalized spacial score (nSPS) is 18.5. The van der Waals surface area contributed by atoms with Gasteiger partial charge in [-0.3, -0.25) is 9.36 Å². The predicted molar refractivity (Wildman–Crippen MR) is 74.6 cm³/mol. The van der Waals surface area contributed by atoms with E-state index in [1.165, 1.54) is 11.8 Å². The predicted octanol–water partition coefficient (Wildman–Crippen LogP) is 1.91. The van der Waals surface area contributed by atoms with Crippen molar-refractivity contribution < 1.29 is 0 Å². The number of thioether (sulfide) groups is 2. The maximum Gasteiger partial charge on any atom is 0.280 e. The first-order valence-electron chi connectivity index (χ1n) is 5.83. The lowest BCUT2D eigenvalue weighted by Gasteiger charge is -2.10. The molecule has 96 valence electrons. The van der Waals surface area contributed by atoms with Gasteiger partial charge >= 0.3 is 0 Å². The molecule has 3 heterocycles.